The van der Waals surface area contributed by atoms with E-state index >= 15 is 0 Å². The second-order valence-corrected chi connectivity index (χ2v) is 14.7. The molecule has 236 valence electrons. The number of ketones is 1. The number of hydrogen-bond acceptors (Lipinski definition) is 4. The van der Waals surface area contributed by atoms with Crippen molar-refractivity contribution in [1.82, 2.24) is 0 Å². The first kappa shape index (κ1) is 33.4. The van der Waals surface area contributed by atoms with E-state index < -0.39 is 18.3 Å². The number of aliphatic hydroxyl groups excluding tert-OH is 3. The van der Waals surface area contributed by atoms with Crippen molar-refractivity contribution in [2.45, 2.75) is 155 Å². The zero-order valence-electron chi connectivity index (χ0n) is 27.0. The summed E-state index contributed by atoms with van der Waals surface area (Å²) in [5, 5.41) is 31.2. The molecule has 0 aliphatic heterocycles. The summed E-state index contributed by atoms with van der Waals surface area (Å²) >= 11 is 0. The van der Waals surface area contributed by atoms with E-state index in [4.69, 9.17) is 0 Å². The highest BCUT2D eigenvalue weighted by Gasteiger charge is 2.50. The minimum atomic E-state index is -0.644. The molecule has 0 aromatic heterocycles. The first-order valence-electron chi connectivity index (χ1n) is 17.4. The molecule has 4 aliphatic rings. The molecule has 7 atom stereocenters. The molecule has 0 aromatic rings. The number of carbonyl (C=O) groups excluding carboxylic acids is 1. The Kier molecular flexibility index (Phi) is 11.9. The molecule has 0 amide bonds. The largest absolute Gasteiger partial charge is 0.393 e. The van der Waals surface area contributed by atoms with Crippen LogP contribution in [0.1, 0.15) is 136 Å². The molecule has 4 fully saturated rings. The number of aliphatic hydroxyl groups is 3. The van der Waals surface area contributed by atoms with Crippen molar-refractivity contribution in [1.29, 1.82) is 0 Å². The van der Waals surface area contributed by atoms with E-state index in [-0.39, 0.29) is 10.8 Å². The lowest BCUT2D eigenvalue weighted by molar-refractivity contribution is -0.124. The maximum Gasteiger partial charge on any atom is 0.139 e. The molecule has 0 aromatic carbocycles. The monoisotopic (exact) mass is 580 g/mol. The van der Waals surface area contributed by atoms with Crippen LogP contribution in [0.5, 0.6) is 0 Å². The third-order valence-corrected chi connectivity index (χ3v) is 11.7. The van der Waals surface area contributed by atoms with Crippen molar-refractivity contribution in [3.63, 3.8) is 0 Å². The zero-order chi connectivity index (χ0) is 30.3. The maximum absolute atomic E-state index is 12.9. The van der Waals surface area contributed by atoms with Crippen LogP contribution in [0.2, 0.25) is 0 Å². The van der Waals surface area contributed by atoms with E-state index in [1.165, 1.54) is 63.4 Å². The van der Waals surface area contributed by atoms with E-state index in [2.05, 4.69) is 45.6 Å². The fraction of sp³-hybridized carbons (Fsp3) is 0.763. The minimum Gasteiger partial charge on any atom is -0.393 e. The standard InChI is InChI=1S/C38H60O4/c1-5-6-7-8-9-10-13-36(42)38(23-24-38)22-20-31(39)17-14-27(2)33-18-19-34-29(12-11-21-37(33,34)4)15-16-30-25-32(40)26-35(41)28(30)3/h14-17,27,31-35,39-41H,3,5-13,18-26H2,1-2,4H3/b17-14+,29-15+,30-16-/t27-,31+,32-,33-,34+,35+,37-/m1/s1. The summed E-state index contributed by atoms with van der Waals surface area (Å²) < 4.78 is 0. The first-order chi connectivity index (χ1) is 20.1. The van der Waals surface area contributed by atoms with E-state index in [1.54, 1.807) is 0 Å². The molecule has 4 nitrogen and oxygen atoms in total. The molecule has 4 rings (SSSR count). The quantitative estimate of drug-likeness (QED) is 0.134. The Bertz CT molecular complexity index is 1020. The number of fused-ring (bicyclic) bond motifs is 1. The van der Waals surface area contributed by atoms with Gasteiger partial charge in [0.05, 0.1) is 18.3 Å². The summed E-state index contributed by atoms with van der Waals surface area (Å²) in [5.74, 6) is 2.00. The molecule has 4 saturated carbocycles. The fourth-order valence-electron chi connectivity index (χ4n) is 8.72. The van der Waals surface area contributed by atoms with Crippen LogP contribution in [-0.2, 0) is 4.79 Å². The van der Waals surface area contributed by atoms with Gasteiger partial charge < -0.3 is 15.3 Å². The third kappa shape index (κ3) is 8.16. The van der Waals surface area contributed by atoms with Crippen molar-refractivity contribution in [3.05, 3.63) is 47.6 Å². The van der Waals surface area contributed by atoms with Gasteiger partial charge in [0.1, 0.15) is 5.78 Å². The highest BCUT2D eigenvalue weighted by molar-refractivity contribution is 5.87. The normalized spacial score (nSPS) is 34.2. The molecule has 0 bridgehead atoms. The van der Waals surface area contributed by atoms with Gasteiger partial charge in [0.15, 0.2) is 0 Å². The van der Waals surface area contributed by atoms with Crippen LogP contribution in [0, 0.1) is 28.6 Å². The summed E-state index contributed by atoms with van der Waals surface area (Å²) in [4.78, 5) is 12.9. The van der Waals surface area contributed by atoms with Crippen molar-refractivity contribution < 1.29 is 20.1 Å². The van der Waals surface area contributed by atoms with Gasteiger partial charge in [0.2, 0.25) is 0 Å². The van der Waals surface area contributed by atoms with Gasteiger partial charge >= 0.3 is 0 Å². The molecule has 0 unspecified atom stereocenters. The molecule has 0 spiro atoms. The van der Waals surface area contributed by atoms with Gasteiger partial charge in [-0.05, 0) is 105 Å². The van der Waals surface area contributed by atoms with Crippen LogP contribution < -0.4 is 0 Å². The number of hydrogen-bond donors (Lipinski definition) is 3. The molecular formula is C38H60O4. The number of rotatable bonds is 15. The summed E-state index contributed by atoms with van der Waals surface area (Å²) in [6.45, 7) is 11.1. The van der Waals surface area contributed by atoms with Crippen LogP contribution in [0.25, 0.3) is 0 Å². The smallest absolute Gasteiger partial charge is 0.139 e. The SMILES string of the molecule is C=C1/C(=C\C=C2/CCC[C@]3(C)[C@@H]([C@H](C)/C=C/[C@H](O)CCC4(C(=O)CCCCCCCC)CC4)CC[C@@H]23)C[C@@H](O)C[C@@H]1O. The van der Waals surface area contributed by atoms with Gasteiger partial charge in [-0.25, -0.2) is 0 Å². The van der Waals surface area contributed by atoms with Crippen LogP contribution in [0.4, 0.5) is 0 Å². The Hall–Kier alpha value is -1.49. The average Bonchev–Trinajstić information content (AvgIpc) is 3.67. The summed E-state index contributed by atoms with van der Waals surface area (Å²) in [5.41, 5.74) is 3.37. The lowest BCUT2D eigenvalue weighted by Gasteiger charge is -2.44. The van der Waals surface area contributed by atoms with Gasteiger partial charge in [0.25, 0.3) is 0 Å². The Morgan fingerprint density at radius 1 is 1.05 bits per heavy atom. The number of Topliss-reactive ketones (excluding diaryl/α,β-unsaturated/α-hetero) is 1. The topological polar surface area (TPSA) is 77.8 Å². The third-order valence-electron chi connectivity index (χ3n) is 11.7. The van der Waals surface area contributed by atoms with E-state index in [0.717, 1.165) is 49.7 Å². The average molecular weight is 581 g/mol. The molecule has 0 heterocycles. The van der Waals surface area contributed by atoms with Gasteiger partial charge in [-0.15, -0.1) is 0 Å². The fourth-order valence-corrected chi connectivity index (χ4v) is 8.72. The lowest BCUT2D eigenvalue weighted by Crippen LogP contribution is -2.35. The van der Waals surface area contributed by atoms with Crippen molar-refractivity contribution in [2.24, 2.45) is 28.6 Å². The second kappa shape index (κ2) is 15.0. The lowest BCUT2D eigenvalue weighted by atomic mass is 9.61. The second-order valence-electron chi connectivity index (χ2n) is 14.7. The molecule has 4 heteroatoms. The number of unbranched alkanes of at least 4 members (excludes halogenated alkanes) is 5. The van der Waals surface area contributed by atoms with Gasteiger partial charge in [-0.3, -0.25) is 4.79 Å². The first-order valence-corrected chi connectivity index (χ1v) is 17.4. The van der Waals surface area contributed by atoms with E-state index in [1.807, 2.05) is 6.08 Å². The Morgan fingerprint density at radius 3 is 2.52 bits per heavy atom. The van der Waals surface area contributed by atoms with Crippen LogP contribution >= 0.6 is 0 Å². The van der Waals surface area contributed by atoms with Crippen LogP contribution in [0.15, 0.2) is 47.6 Å². The predicted octanol–water partition coefficient (Wildman–Crippen LogP) is 8.56. The minimum absolute atomic E-state index is 0.129. The van der Waals surface area contributed by atoms with Crippen molar-refractivity contribution >= 4 is 5.78 Å². The zero-order valence-corrected chi connectivity index (χ0v) is 27.0. The van der Waals surface area contributed by atoms with Crippen LogP contribution in [-0.4, -0.2) is 39.4 Å². The molecule has 4 aliphatic carbocycles. The van der Waals surface area contributed by atoms with Crippen molar-refractivity contribution in [3.8, 4) is 0 Å². The molecule has 0 radical (unpaired) electrons. The highest BCUT2D eigenvalue weighted by Crippen LogP contribution is 2.59. The Morgan fingerprint density at radius 2 is 1.79 bits per heavy atom. The predicted molar refractivity (Wildman–Crippen MR) is 173 cm³/mol. The van der Waals surface area contributed by atoms with Gasteiger partial charge in [0, 0.05) is 18.3 Å². The molecule has 42 heavy (non-hydrogen) atoms. The molecular weight excluding hydrogens is 520 g/mol. The highest BCUT2D eigenvalue weighted by atomic mass is 16.3. The van der Waals surface area contributed by atoms with E-state index in [9.17, 15) is 20.1 Å². The van der Waals surface area contributed by atoms with Crippen LogP contribution in [0.3, 0.4) is 0 Å². The number of carbonyl (C=O) groups is 1. The maximum atomic E-state index is 12.9. The van der Waals surface area contributed by atoms with Gasteiger partial charge in [-0.2, -0.15) is 0 Å². The molecule has 0 saturated heterocycles. The Balaban J connectivity index is 1.27. The summed E-state index contributed by atoms with van der Waals surface area (Å²) in [6.07, 6.45) is 25.5. The number of allylic oxidation sites excluding steroid dienone is 4. The summed E-state index contributed by atoms with van der Waals surface area (Å²) in [7, 11) is 0. The van der Waals surface area contributed by atoms with Gasteiger partial charge in [-0.1, -0.05) is 89.3 Å². The molecule has 3 N–H and O–H groups in total. The van der Waals surface area contributed by atoms with Crippen molar-refractivity contribution in [2.75, 3.05) is 0 Å². The Labute approximate surface area is 256 Å². The van der Waals surface area contributed by atoms with E-state index in [0.29, 0.717) is 42.8 Å². The summed E-state index contributed by atoms with van der Waals surface area (Å²) in [6, 6.07) is 0.